The van der Waals surface area contributed by atoms with Crippen LogP contribution in [0.5, 0.6) is 0 Å². The maximum atomic E-state index is 11.7. The van der Waals surface area contributed by atoms with E-state index < -0.39 is 11.9 Å². The molecule has 7 heteroatoms. The van der Waals surface area contributed by atoms with Crippen molar-refractivity contribution in [3.63, 3.8) is 0 Å². The van der Waals surface area contributed by atoms with Gasteiger partial charge in [-0.25, -0.2) is 0 Å². The minimum Gasteiger partial charge on any atom is -0.481 e. The van der Waals surface area contributed by atoms with Crippen LogP contribution in [0.25, 0.3) is 0 Å². The van der Waals surface area contributed by atoms with E-state index in [2.05, 4.69) is 27.7 Å². The number of hydrogen-bond donors (Lipinski definition) is 2. The summed E-state index contributed by atoms with van der Waals surface area (Å²) in [5, 5.41) is 15.7. The molecule has 25 heavy (non-hydrogen) atoms. The molecule has 6 nitrogen and oxygen atoms in total. The van der Waals surface area contributed by atoms with Gasteiger partial charge in [0.05, 0.1) is 0 Å². The van der Waals surface area contributed by atoms with Gasteiger partial charge >= 0.3 is 5.97 Å². The minimum absolute atomic E-state index is 0.231. The predicted molar refractivity (Wildman–Crippen MR) is 105 cm³/mol. The zero-order chi connectivity index (χ0) is 20.4. The molecule has 0 radical (unpaired) electrons. The maximum Gasteiger partial charge on any atom is 0.303 e. The van der Waals surface area contributed by atoms with Gasteiger partial charge in [0, 0.05) is 26.4 Å². The van der Waals surface area contributed by atoms with Gasteiger partial charge in [-0.2, -0.15) is 0 Å². The second-order valence-corrected chi connectivity index (χ2v) is 7.62. The van der Waals surface area contributed by atoms with Gasteiger partial charge in [-0.05, 0) is 24.0 Å². The average Bonchev–Trinajstić information content (AvgIpc) is 2.43. The van der Waals surface area contributed by atoms with Crippen molar-refractivity contribution in [3.8, 4) is 0 Å². The number of carbonyl (C=O) groups is 3. The Morgan fingerprint density at radius 2 is 1.36 bits per heavy atom. The van der Waals surface area contributed by atoms with Crippen molar-refractivity contribution in [1.82, 2.24) is 4.90 Å². The highest BCUT2D eigenvalue weighted by molar-refractivity contribution is 8.13. The van der Waals surface area contributed by atoms with Crippen LogP contribution in [0.4, 0.5) is 4.79 Å². The molecule has 0 spiro atoms. The molecule has 0 rings (SSSR count). The lowest BCUT2D eigenvalue weighted by atomic mass is 10.1. The Labute approximate surface area is 157 Å². The van der Waals surface area contributed by atoms with Gasteiger partial charge in [-0.3, -0.25) is 14.4 Å². The topological polar surface area (TPSA) is 94.9 Å². The molecule has 0 unspecified atom stereocenters. The summed E-state index contributed by atoms with van der Waals surface area (Å²) in [6, 6.07) is 0. The van der Waals surface area contributed by atoms with Gasteiger partial charge < -0.3 is 15.1 Å². The second kappa shape index (κ2) is 19.1. The third-order valence-electron chi connectivity index (χ3n) is 2.44. The van der Waals surface area contributed by atoms with Crippen LogP contribution in [0.3, 0.4) is 0 Å². The molecule has 1 amide bonds. The summed E-state index contributed by atoms with van der Waals surface area (Å²) in [7, 11) is 0. The number of nitrogens with zero attached hydrogens (tertiary/aromatic N) is 1. The third kappa shape index (κ3) is 31.1. The lowest BCUT2D eigenvalue weighted by Crippen LogP contribution is -2.34. The first kappa shape index (κ1) is 28.6. The summed E-state index contributed by atoms with van der Waals surface area (Å²) < 4.78 is 0. The fourth-order valence-electron chi connectivity index (χ4n) is 1.65. The molecular formula is C18H37NO5S. The molecule has 0 aliphatic carbocycles. The highest BCUT2D eigenvalue weighted by Gasteiger charge is 2.15. The van der Waals surface area contributed by atoms with E-state index >= 15 is 0 Å². The Bertz CT molecular complexity index is 345. The molecule has 0 aliphatic heterocycles. The predicted octanol–water partition coefficient (Wildman–Crippen LogP) is 4.83. The molecule has 0 saturated heterocycles. The van der Waals surface area contributed by atoms with Crippen molar-refractivity contribution in [2.45, 2.75) is 67.7 Å². The fourth-order valence-corrected chi connectivity index (χ4v) is 2.23. The van der Waals surface area contributed by atoms with Gasteiger partial charge in [-0.15, -0.1) is 0 Å². The van der Waals surface area contributed by atoms with Crippen LogP contribution >= 0.6 is 11.8 Å². The summed E-state index contributed by atoms with van der Waals surface area (Å²) in [5.41, 5.74) is 0. The largest absolute Gasteiger partial charge is 0.481 e. The Kier molecular flexibility index (Phi) is 21.8. The minimum atomic E-state index is -0.833. The molecule has 0 bridgehead atoms. The van der Waals surface area contributed by atoms with Gasteiger partial charge in [-0.1, -0.05) is 59.7 Å². The van der Waals surface area contributed by atoms with E-state index in [-0.39, 0.29) is 5.24 Å². The smallest absolute Gasteiger partial charge is 0.303 e. The molecule has 0 aromatic heterocycles. The molecule has 0 aromatic rings. The van der Waals surface area contributed by atoms with Crippen LogP contribution in [0.15, 0.2) is 0 Å². The molecule has 0 heterocycles. The number of rotatable bonds is 8. The first-order valence-electron chi connectivity index (χ1n) is 8.80. The van der Waals surface area contributed by atoms with Crippen LogP contribution in [-0.2, 0) is 9.59 Å². The number of carbonyl (C=O) groups excluding carboxylic acids is 1. The Morgan fingerprint density at radius 1 is 0.960 bits per heavy atom. The van der Waals surface area contributed by atoms with Crippen LogP contribution in [-0.4, -0.2) is 51.1 Å². The van der Waals surface area contributed by atoms with Crippen molar-refractivity contribution in [2.24, 2.45) is 11.8 Å². The molecule has 150 valence electrons. The number of aliphatic carboxylic acids is 2. The normalized spacial score (nSPS) is 9.64. The van der Waals surface area contributed by atoms with Gasteiger partial charge in [0.15, 0.2) is 0 Å². The highest BCUT2D eigenvalue weighted by Crippen LogP contribution is 2.12. The lowest BCUT2D eigenvalue weighted by Gasteiger charge is -2.25. The zero-order valence-corrected chi connectivity index (χ0v) is 17.7. The SMILES string of the molecule is CC(=O)O.CCCCC(=O)O.CCSC(=O)N(CC(C)C)CC(C)C. The molecule has 0 saturated carbocycles. The number of thioether (sulfide) groups is 1. The molecule has 0 atom stereocenters. The van der Waals surface area contributed by atoms with Crippen LogP contribution in [0.1, 0.15) is 67.7 Å². The van der Waals surface area contributed by atoms with E-state index in [0.717, 1.165) is 38.6 Å². The summed E-state index contributed by atoms with van der Waals surface area (Å²) in [6.45, 7) is 15.4. The number of amides is 1. The van der Waals surface area contributed by atoms with Gasteiger partial charge in [0.1, 0.15) is 0 Å². The lowest BCUT2D eigenvalue weighted by molar-refractivity contribution is -0.137. The van der Waals surface area contributed by atoms with E-state index in [1.807, 2.05) is 18.7 Å². The Hall–Kier alpha value is -1.24. The molecule has 0 aromatic carbocycles. The van der Waals surface area contributed by atoms with Crippen LogP contribution in [0, 0.1) is 11.8 Å². The highest BCUT2D eigenvalue weighted by atomic mass is 32.2. The molecule has 2 N–H and O–H groups in total. The van der Waals surface area contributed by atoms with Crippen LogP contribution in [0.2, 0.25) is 0 Å². The van der Waals surface area contributed by atoms with Gasteiger partial charge in [0.2, 0.25) is 0 Å². The van der Waals surface area contributed by atoms with Gasteiger partial charge in [0.25, 0.3) is 11.2 Å². The Balaban J connectivity index is -0.000000365. The fraction of sp³-hybridized carbons (Fsp3) is 0.833. The monoisotopic (exact) mass is 379 g/mol. The maximum absolute atomic E-state index is 11.7. The standard InChI is InChI=1S/C11H23NOS.C5H10O2.C2H4O2/c1-6-14-11(13)12(7-9(2)3)8-10(4)5;1-2-3-4-5(6)7;1-2(3)4/h9-10H,6-8H2,1-5H3;2-4H2,1H3,(H,6,7);1H3,(H,3,4). The van der Waals surface area contributed by atoms with E-state index in [4.69, 9.17) is 15.0 Å². The summed E-state index contributed by atoms with van der Waals surface area (Å²) in [5.74, 6) is 0.443. The summed E-state index contributed by atoms with van der Waals surface area (Å²) in [6.07, 6.45) is 2.08. The third-order valence-corrected chi connectivity index (χ3v) is 3.24. The van der Waals surface area contributed by atoms with E-state index in [1.54, 1.807) is 0 Å². The Morgan fingerprint density at radius 3 is 1.56 bits per heavy atom. The zero-order valence-electron chi connectivity index (χ0n) is 16.9. The average molecular weight is 380 g/mol. The number of hydrogen-bond acceptors (Lipinski definition) is 4. The first-order valence-corrected chi connectivity index (χ1v) is 9.79. The van der Waals surface area contributed by atoms with E-state index in [0.29, 0.717) is 18.3 Å². The molecular weight excluding hydrogens is 342 g/mol. The molecule has 0 aliphatic rings. The number of carboxylic acid groups (broad SMARTS) is 2. The van der Waals surface area contributed by atoms with Crippen LogP contribution < -0.4 is 0 Å². The van der Waals surface area contributed by atoms with E-state index in [1.165, 1.54) is 11.8 Å². The van der Waals surface area contributed by atoms with E-state index in [9.17, 15) is 9.59 Å². The van der Waals surface area contributed by atoms with Crippen molar-refractivity contribution < 1.29 is 24.6 Å². The summed E-state index contributed by atoms with van der Waals surface area (Å²) >= 11 is 1.41. The first-order chi connectivity index (χ1) is 11.5. The van der Waals surface area contributed by atoms with Crippen molar-refractivity contribution >= 4 is 28.9 Å². The van der Waals surface area contributed by atoms with Crippen molar-refractivity contribution in [1.29, 1.82) is 0 Å². The number of carboxylic acids is 2. The quantitative estimate of drug-likeness (QED) is 0.627. The van der Waals surface area contributed by atoms with Crippen molar-refractivity contribution in [2.75, 3.05) is 18.8 Å². The van der Waals surface area contributed by atoms with Crippen molar-refractivity contribution in [3.05, 3.63) is 0 Å². The summed E-state index contributed by atoms with van der Waals surface area (Å²) in [4.78, 5) is 32.4. The second-order valence-electron chi connectivity index (χ2n) is 6.41. The molecule has 0 fully saturated rings. The number of unbranched alkanes of at least 4 members (excludes halogenated alkanes) is 1.